The van der Waals surface area contributed by atoms with Gasteiger partial charge in [-0.05, 0) is 43.5 Å². The van der Waals surface area contributed by atoms with Crippen LogP contribution in [0.2, 0.25) is 0 Å². The van der Waals surface area contributed by atoms with Gasteiger partial charge in [0.15, 0.2) is 0 Å². The maximum atomic E-state index is 5.46. The lowest BCUT2D eigenvalue weighted by molar-refractivity contribution is 0.0819. The molecule has 0 atom stereocenters. The molecule has 0 spiro atoms. The smallest absolute Gasteiger partial charge is 0.0605 e. The van der Waals surface area contributed by atoms with Crippen LogP contribution in [0.15, 0.2) is 22.7 Å². The van der Waals surface area contributed by atoms with Gasteiger partial charge >= 0.3 is 0 Å². The quantitative estimate of drug-likeness (QED) is 0.801. The molecule has 1 saturated heterocycles. The van der Waals surface area contributed by atoms with Gasteiger partial charge in [-0.15, -0.1) is 0 Å². The van der Waals surface area contributed by atoms with E-state index in [1.54, 1.807) is 0 Å². The molecule has 1 aliphatic heterocycles. The fourth-order valence-corrected chi connectivity index (χ4v) is 3.06. The van der Waals surface area contributed by atoms with Gasteiger partial charge in [-0.1, -0.05) is 28.9 Å². The van der Waals surface area contributed by atoms with Crippen molar-refractivity contribution in [1.82, 2.24) is 5.32 Å². The highest BCUT2D eigenvalue weighted by Crippen LogP contribution is 2.28. The van der Waals surface area contributed by atoms with Crippen LogP contribution in [0, 0.1) is 0 Å². The van der Waals surface area contributed by atoms with Gasteiger partial charge in [-0.3, -0.25) is 0 Å². The summed E-state index contributed by atoms with van der Waals surface area (Å²) >= 11 is 3.60. The van der Waals surface area contributed by atoms with Crippen molar-refractivity contribution in [1.29, 1.82) is 0 Å². The number of nitrogens with zero attached hydrogens (tertiary/aromatic N) is 1. The maximum absolute atomic E-state index is 5.46. The molecule has 1 N–H and O–H groups in total. The molecule has 0 radical (unpaired) electrons. The Morgan fingerprint density at radius 2 is 2.10 bits per heavy atom. The average molecular weight is 341 g/mol. The molecule has 1 heterocycles. The summed E-state index contributed by atoms with van der Waals surface area (Å²) in [5.41, 5.74) is 2.75. The number of piperidine rings is 1. The summed E-state index contributed by atoms with van der Waals surface area (Å²) in [6.45, 7) is 6.37. The molecule has 0 amide bonds. The second-order valence-electron chi connectivity index (χ2n) is 5.37. The fourth-order valence-electron chi connectivity index (χ4n) is 2.71. The lowest BCUT2D eigenvalue weighted by atomic mass is 10.0. The van der Waals surface area contributed by atoms with E-state index in [0.717, 1.165) is 43.5 Å². The van der Waals surface area contributed by atoms with Crippen molar-refractivity contribution in [3.63, 3.8) is 0 Å². The number of halogens is 1. The van der Waals surface area contributed by atoms with Crippen molar-refractivity contribution in [2.24, 2.45) is 0 Å². The summed E-state index contributed by atoms with van der Waals surface area (Å²) in [4.78, 5) is 2.49. The third-order valence-corrected chi connectivity index (χ3v) is 4.40. The highest BCUT2D eigenvalue weighted by molar-refractivity contribution is 9.10. The van der Waals surface area contributed by atoms with E-state index >= 15 is 0 Å². The number of nitrogens with one attached hydrogen (secondary N) is 1. The first kappa shape index (κ1) is 15.8. The number of benzene rings is 1. The van der Waals surface area contributed by atoms with Crippen LogP contribution in [0.3, 0.4) is 0 Å². The number of ether oxygens (including phenoxy) is 1. The molecule has 1 aliphatic rings. The monoisotopic (exact) mass is 340 g/mol. The fraction of sp³-hybridized carbons (Fsp3) is 0.625. The van der Waals surface area contributed by atoms with Gasteiger partial charge in [0.1, 0.15) is 0 Å². The predicted molar refractivity (Wildman–Crippen MR) is 88.4 cm³/mol. The molecule has 112 valence electrons. The average Bonchev–Trinajstić information content (AvgIpc) is 2.49. The Balaban J connectivity index is 2.06. The summed E-state index contributed by atoms with van der Waals surface area (Å²) in [6, 6.07) is 6.61. The molecule has 1 aromatic rings. The lowest BCUT2D eigenvalue weighted by Gasteiger charge is -2.34. The Labute approximate surface area is 130 Å². The number of hydrogen-bond acceptors (Lipinski definition) is 3. The summed E-state index contributed by atoms with van der Waals surface area (Å²) < 4.78 is 6.61. The van der Waals surface area contributed by atoms with Gasteiger partial charge in [-0.2, -0.15) is 0 Å². The predicted octanol–water partition coefficient (Wildman–Crippen LogP) is 3.56. The zero-order valence-corrected chi connectivity index (χ0v) is 14.1. The molecule has 0 aliphatic carbocycles. The Morgan fingerprint density at radius 1 is 1.35 bits per heavy atom. The van der Waals surface area contributed by atoms with E-state index in [4.69, 9.17) is 4.74 Å². The Hall–Kier alpha value is -0.580. The highest BCUT2D eigenvalue weighted by atomic mass is 79.9. The second kappa shape index (κ2) is 8.01. The molecule has 0 bridgehead atoms. The Kier molecular flexibility index (Phi) is 6.33. The number of anilines is 1. The number of rotatable bonds is 6. The molecule has 20 heavy (non-hydrogen) atoms. The van der Waals surface area contributed by atoms with Crippen molar-refractivity contribution in [3.8, 4) is 0 Å². The van der Waals surface area contributed by atoms with Crippen LogP contribution in [0.5, 0.6) is 0 Å². The highest BCUT2D eigenvalue weighted by Gasteiger charge is 2.20. The van der Waals surface area contributed by atoms with E-state index in [-0.39, 0.29) is 0 Å². The topological polar surface area (TPSA) is 24.5 Å². The van der Waals surface area contributed by atoms with Crippen LogP contribution in [0.4, 0.5) is 5.69 Å². The molecule has 1 aromatic carbocycles. The van der Waals surface area contributed by atoms with Crippen LogP contribution in [-0.4, -0.2) is 32.8 Å². The van der Waals surface area contributed by atoms with Gasteiger partial charge in [0.2, 0.25) is 0 Å². The molecule has 4 heteroatoms. The number of hydrogen-bond donors (Lipinski definition) is 1. The molecule has 2 rings (SSSR count). The zero-order valence-electron chi connectivity index (χ0n) is 12.5. The number of methoxy groups -OCH3 is 1. The molecule has 0 aromatic heterocycles. The van der Waals surface area contributed by atoms with Crippen molar-refractivity contribution in [2.45, 2.75) is 38.8 Å². The van der Waals surface area contributed by atoms with Crippen molar-refractivity contribution in [2.75, 3.05) is 31.6 Å². The van der Waals surface area contributed by atoms with E-state index in [1.165, 1.54) is 17.7 Å². The van der Waals surface area contributed by atoms with E-state index < -0.39 is 0 Å². The Bertz CT molecular complexity index is 417. The normalized spacial score (nSPS) is 16.6. The van der Waals surface area contributed by atoms with E-state index in [9.17, 15) is 0 Å². The van der Waals surface area contributed by atoms with Gasteiger partial charge in [0.25, 0.3) is 0 Å². The van der Waals surface area contributed by atoms with Gasteiger partial charge in [-0.25, -0.2) is 0 Å². The minimum Gasteiger partial charge on any atom is -0.381 e. The van der Waals surface area contributed by atoms with Crippen LogP contribution >= 0.6 is 15.9 Å². The molecule has 1 fully saturated rings. The Morgan fingerprint density at radius 3 is 2.75 bits per heavy atom. The molecule has 3 nitrogen and oxygen atoms in total. The first-order chi connectivity index (χ1) is 9.74. The minimum absolute atomic E-state index is 0.431. The third-order valence-electron chi connectivity index (χ3n) is 3.91. The van der Waals surface area contributed by atoms with Gasteiger partial charge < -0.3 is 15.0 Å². The summed E-state index contributed by atoms with van der Waals surface area (Å²) in [5.74, 6) is 0. The van der Waals surface area contributed by atoms with Crippen molar-refractivity contribution in [3.05, 3.63) is 28.2 Å². The standard InChI is InChI=1S/C16H25BrN2O/c1-3-8-18-12-13-4-5-14(17)11-16(13)19-9-6-15(20-2)7-10-19/h4-5,11,15,18H,3,6-10,12H2,1-2H3. The van der Waals surface area contributed by atoms with Crippen molar-refractivity contribution < 1.29 is 4.74 Å². The lowest BCUT2D eigenvalue weighted by Crippen LogP contribution is -2.37. The minimum atomic E-state index is 0.431. The third kappa shape index (κ3) is 4.21. The van der Waals surface area contributed by atoms with E-state index in [2.05, 4.69) is 51.3 Å². The molecule has 0 saturated carbocycles. The zero-order chi connectivity index (χ0) is 14.4. The van der Waals surface area contributed by atoms with E-state index in [0.29, 0.717) is 6.10 Å². The summed E-state index contributed by atoms with van der Waals surface area (Å²) in [6.07, 6.45) is 3.83. The molecule has 0 unspecified atom stereocenters. The SMILES string of the molecule is CCCNCc1ccc(Br)cc1N1CCC(OC)CC1. The maximum Gasteiger partial charge on any atom is 0.0605 e. The largest absolute Gasteiger partial charge is 0.381 e. The van der Waals surface area contributed by atoms with Crippen LogP contribution < -0.4 is 10.2 Å². The van der Waals surface area contributed by atoms with Gasteiger partial charge in [0.05, 0.1) is 6.10 Å². The van der Waals surface area contributed by atoms with Gasteiger partial charge in [0, 0.05) is 36.9 Å². The summed E-state index contributed by atoms with van der Waals surface area (Å²) in [7, 11) is 1.82. The second-order valence-corrected chi connectivity index (χ2v) is 6.29. The van der Waals surface area contributed by atoms with Crippen LogP contribution in [0.1, 0.15) is 31.7 Å². The molecular weight excluding hydrogens is 316 g/mol. The first-order valence-electron chi connectivity index (χ1n) is 7.51. The van der Waals surface area contributed by atoms with Crippen LogP contribution in [-0.2, 0) is 11.3 Å². The van der Waals surface area contributed by atoms with E-state index in [1.807, 2.05) is 7.11 Å². The van der Waals surface area contributed by atoms with Crippen LogP contribution in [0.25, 0.3) is 0 Å². The molecular formula is C16H25BrN2O. The summed E-state index contributed by atoms with van der Waals surface area (Å²) in [5, 5.41) is 3.50. The first-order valence-corrected chi connectivity index (χ1v) is 8.30. The van der Waals surface area contributed by atoms with Crippen molar-refractivity contribution >= 4 is 21.6 Å².